The highest BCUT2D eigenvalue weighted by Crippen LogP contribution is 2.42. The van der Waals surface area contributed by atoms with E-state index in [1.54, 1.807) is 0 Å². The van der Waals surface area contributed by atoms with Crippen molar-refractivity contribution in [2.24, 2.45) is 0 Å². The van der Waals surface area contributed by atoms with Gasteiger partial charge in [-0.3, -0.25) is 9.36 Å². The third-order valence-electron chi connectivity index (χ3n) is 6.05. The zero-order chi connectivity index (χ0) is 22.1. The van der Waals surface area contributed by atoms with Gasteiger partial charge in [-0.1, -0.05) is 78.9 Å². The molecule has 0 saturated heterocycles. The Kier molecular flexibility index (Phi) is 4.93. The van der Waals surface area contributed by atoms with E-state index in [9.17, 15) is 10.1 Å². The van der Waals surface area contributed by atoms with Crippen LogP contribution in [-0.4, -0.2) is 4.57 Å². The zero-order valence-electron chi connectivity index (χ0n) is 17.4. The number of pyridine rings is 1. The number of rotatable bonds is 3. The Bertz CT molecular complexity index is 1410. The highest BCUT2D eigenvalue weighted by molar-refractivity contribution is 5.88. The summed E-state index contributed by atoms with van der Waals surface area (Å²) >= 11 is 0. The summed E-state index contributed by atoms with van der Waals surface area (Å²) in [4.78, 5) is 13.9. The van der Waals surface area contributed by atoms with Crippen LogP contribution in [0, 0.1) is 11.3 Å². The third-order valence-corrected chi connectivity index (χ3v) is 6.05. The van der Waals surface area contributed by atoms with Crippen LogP contribution in [0.5, 0.6) is 0 Å². The molecule has 4 nitrogen and oxygen atoms in total. The number of nitrogen functional groups attached to an aromatic ring is 1. The standard InChI is InChI=1S/C28H21N3O/c29-18-25-24-17-21(19-10-4-1-5-11-19)16-23(20-12-6-2-7-13-20)26(24)28(32)31(27(25)30)22-14-8-3-9-15-22/h1-15,17,23H,16,30H2/t23-/m0/s1. The molecule has 1 atom stereocenters. The first kappa shape index (κ1) is 19.6. The van der Waals surface area contributed by atoms with Gasteiger partial charge in [-0.25, -0.2) is 0 Å². The average molecular weight is 415 g/mol. The summed E-state index contributed by atoms with van der Waals surface area (Å²) < 4.78 is 1.47. The van der Waals surface area contributed by atoms with Crippen LogP contribution in [0.1, 0.15) is 40.2 Å². The van der Waals surface area contributed by atoms with E-state index in [1.807, 2.05) is 84.9 Å². The van der Waals surface area contributed by atoms with Gasteiger partial charge < -0.3 is 5.73 Å². The molecule has 4 aromatic rings. The second-order valence-corrected chi connectivity index (χ2v) is 7.88. The van der Waals surface area contributed by atoms with Crippen LogP contribution in [-0.2, 0) is 0 Å². The maximum atomic E-state index is 13.9. The minimum Gasteiger partial charge on any atom is -0.384 e. The summed E-state index contributed by atoms with van der Waals surface area (Å²) in [5, 5.41) is 10.1. The molecule has 1 aliphatic rings. The Balaban J connectivity index is 1.85. The Hall–Kier alpha value is -4.36. The van der Waals surface area contributed by atoms with Crippen molar-refractivity contribution in [2.75, 3.05) is 5.73 Å². The molecular weight excluding hydrogens is 394 g/mol. The summed E-state index contributed by atoms with van der Waals surface area (Å²) in [6.07, 6.45) is 2.63. The second kappa shape index (κ2) is 8.05. The molecule has 0 fully saturated rings. The number of allylic oxidation sites excluding steroid dienone is 1. The fraction of sp³-hybridized carbons (Fsp3) is 0.0714. The fourth-order valence-corrected chi connectivity index (χ4v) is 4.55. The van der Waals surface area contributed by atoms with Gasteiger partial charge in [0, 0.05) is 17.0 Å². The van der Waals surface area contributed by atoms with E-state index in [0.29, 0.717) is 28.8 Å². The fourth-order valence-electron chi connectivity index (χ4n) is 4.55. The lowest BCUT2D eigenvalue weighted by Gasteiger charge is -2.28. The number of nitriles is 1. The van der Waals surface area contributed by atoms with Crippen molar-refractivity contribution in [3.63, 3.8) is 0 Å². The molecule has 3 aromatic carbocycles. The zero-order valence-corrected chi connectivity index (χ0v) is 17.4. The van der Waals surface area contributed by atoms with E-state index in [4.69, 9.17) is 5.73 Å². The summed E-state index contributed by atoms with van der Waals surface area (Å²) in [5.41, 5.74) is 11.7. The van der Waals surface area contributed by atoms with Crippen molar-refractivity contribution in [1.82, 2.24) is 4.57 Å². The van der Waals surface area contributed by atoms with Crippen molar-refractivity contribution >= 4 is 17.5 Å². The topological polar surface area (TPSA) is 71.8 Å². The molecule has 1 aromatic heterocycles. The molecule has 32 heavy (non-hydrogen) atoms. The van der Waals surface area contributed by atoms with Gasteiger partial charge in [0.25, 0.3) is 5.56 Å². The van der Waals surface area contributed by atoms with E-state index in [-0.39, 0.29) is 17.3 Å². The van der Waals surface area contributed by atoms with Gasteiger partial charge in [0.1, 0.15) is 17.5 Å². The predicted molar refractivity (Wildman–Crippen MR) is 128 cm³/mol. The molecule has 2 N–H and O–H groups in total. The summed E-state index contributed by atoms with van der Waals surface area (Å²) in [6.45, 7) is 0. The summed E-state index contributed by atoms with van der Waals surface area (Å²) in [7, 11) is 0. The minimum absolute atomic E-state index is 0.167. The molecule has 0 amide bonds. The van der Waals surface area contributed by atoms with Gasteiger partial charge in [-0.05, 0) is 41.3 Å². The molecular formula is C28H21N3O. The van der Waals surface area contributed by atoms with Gasteiger partial charge in [-0.15, -0.1) is 0 Å². The normalized spacial score (nSPS) is 14.8. The Morgan fingerprint density at radius 1 is 0.875 bits per heavy atom. The molecule has 5 rings (SSSR count). The SMILES string of the molecule is N#Cc1c2c(c(=O)n(-c3ccccc3)c1N)[C@H](c1ccccc1)CC(c1ccccc1)=C2. The summed E-state index contributed by atoms with van der Waals surface area (Å²) in [6, 6.07) is 31.6. The van der Waals surface area contributed by atoms with E-state index < -0.39 is 0 Å². The van der Waals surface area contributed by atoms with E-state index >= 15 is 0 Å². The van der Waals surface area contributed by atoms with E-state index in [1.165, 1.54) is 4.57 Å². The Morgan fingerprint density at radius 3 is 2.09 bits per heavy atom. The smallest absolute Gasteiger partial charge is 0.261 e. The quantitative estimate of drug-likeness (QED) is 0.489. The van der Waals surface area contributed by atoms with Gasteiger partial charge in [-0.2, -0.15) is 5.26 Å². The first-order chi connectivity index (χ1) is 15.7. The van der Waals surface area contributed by atoms with Crippen LogP contribution in [0.15, 0.2) is 95.8 Å². The molecule has 0 saturated carbocycles. The number of nitrogens with zero attached hydrogens (tertiary/aromatic N) is 2. The molecule has 0 radical (unpaired) electrons. The maximum absolute atomic E-state index is 13.9. The monoisotopic (exact) mass is 415 g/mol. The number of nitrogens with two attached hydrogens (primary N) is 1. The van der Waals surface area contributed by atoms with Crippen LogP contribution in [0.2, 0.25) is 0 Å². The molecule has 0 unspecified atom stereocenters. The van der Waals surface area contributed by atoms with Gasteiger partial charge in [0.05, 0.1) is 5.69 Å². The van der Waals surface area contributed by atoms with Crippen molar-refractivity contribution in [1.29, 1.82) is 5.26 Å². The van der Waals surface area contributed by atoms with Gasteiger partial charge in [0.15, 0.2) is 0 Å². The van der Waals surface area contributed by atoms with Crippen LogP contribution in [0.4, 0.5) is 5.82 Å². The summed E-state index contributed by atoms with van der Waals surface area (Å²) in [5.74, 6) is -0.0126. The van der Waals surface area contributed by atoms with E-state index in [0.717, 1.165) is 16.7 Å². The van der Waals surface area contributed by atoms with E-state index in [2.05, 4.69) is 18.2 Å². The molecule has 154 valence electrons. The second-order valence-electron chi connectivity index (χ2n) is 7.88. The predicted octanol–water partition coefficient (Wildman–Crippen LogP) is 5.37. The van der Waals surface area contributed by atoms with Crippen LogP contribution >= 0.6 is 0 Å². The molecule has 1 heterocycles. The first-order valence-electron chi connectivity index (χ1n) is 10.5. The maximum Gasteiger partial charge on any atom is 0.261 e. The third kappa shape index (κ3) is 3.21. The average Bonchev–Trinajstić information content (AvgIpc) is 2.85. The van der Waals surface area contributed by atoms with Crippen molar-refractivity contribution in [3.05, 3.63) is 129 Å². The molecule has 0 spiro atoms. The lowest BCUT2D eigenvalue weighted by molar-refractivity contribution is 0.795. The van der Waals surface area contributed by atoms with Crippen molar-refractivity contribution in [2.45, 2.75) is 12.3 Å². The molecule has 4 heteroatoms. The number of fused-ring (bicyclic) bond motifs is 1. The van der Waals surface area contributed by atoms with Crippen LogP contribution < -0.4 is 11.3 Å². The molecule has 0 aliphatic heterocycles. The minimum atomic E-state index is -0.181. The molecule has 1 aliphatic carbocycles. The highest BCUT2D eigenvalue weighted by atomic mass is 16.1. The highest BCUT2D eigenvalue weighted by Gasteiger charge is 2.31. The number of para-hydroxylation sites is 1. The number of anilines is 1. The molecule has 0 bridgehead atoms. The van der Waals surface area contributed by atoms with Crippen molar-refractivity contribution < 1.29 is 0 Å². The number of aromatic nitrogens is 1. The number of hydrogen-bond donors (Lipinski definition) is 1. The van der Waals surface area contributed by atoms with Crippen LogP contribution in [0.3, 0.4) is 0 Å². The lowest BCUT2D eigenvalue weighted by atomic mass is 9.77. The largest absolute Gasteiger partial charge is 0.384 e. The Morgan fingerprint density at radius 2 is 1.47 bits per heavy atom. The van der Waals surface area contributed by atoms with Gasteiger partial charge >= 0.3 is 0 Å². The van der Waals surface area contributed by atoms with Gasteiger partial charge in [0.2, 0.25) is 0 Å². The van der Waals surface area contributed by atoms with Crippen molar-refractivity contribution in [3.8, 4) is 11.8 Å². The first-order valence-corrected chi connectivity index (χ1v) is 10.5. The Labute approximate surface area is 186 Å². The lowest BCUT2D eigenvalue weighted by Crippen LogP contribution is -2.31. The van der Waals surface area contributed by atoms with Crippen LogP contribution in [0.25, 0.3) is 17.3 Å². The number of benzene rings is 3. The number of hydrogen-bond acceptors (Lipinski definition) is 3.